The van der Waals surface area contributed by atoms with Gasteiger partial charge < -0.3 is 20.3 Å². The van der Waals surface area contributed by atoms with E-state index < -0.39 is 11.7 Å². The molecule has 1 radical (unpaired) electrons. The first-order chi connectivity index (χ1) is 9.15. The number of rotatable bonds is 6. The summed E-state index contributed by atoms with van der Waals surface area (Å²) in [6.45, 7) is -0.00143. The number of aliphatic hydroxyl groups is 1. The van der Waals surface area contributed by atoms with Gasteiger partial charge in [-0.1, -0.05) is 0 Å². The molecule has 0 saturated carbocycles. The van der Waals surface area contributed by atoms with Gasteiger partial charge in [0.1, 0.15) is 12.8 Å². The minimum Gasteiger partial charge on any atom is -0.553 e. The summed E-state index contributed by atoms with van der Waals surface area (Å²) in [5.74, 6) is -0.000880. The van der Waals surface area contributed by atoms with Crippen molar-refractivity contribution < 1.29 is 47.3 Å². The topological polar surface area (TPSA) is 128 Å². The number of aromatic amines is 1. The number of hydrogen-bond acceptors (Lipinski definition) is 7. The van der Waals surface area contributed by atoms with E-state index >= 15 is 0 Å². The van der Waals surface area contributed by atoms with Gasteiger partial charge in [0.05, 0.1) is 12.9 Å². The average Bonchev–Trinajstić information content (AvgIpc) is 2.78. The second kappa shape index (κ2) is 7.79. The Morgan fingerprint density at radius 3 is 3.00 bits per heavy atom. The van der Waals surface area contributed by atoms with Crippen LogP contribution in [0.4, 0.5) is 5.95 Å². The van der Waals surface area contributed by atoms with Gasteiger partial charge in [-0.15, -0.1) is 0 Å². The maximum Gasteiger partial charge on any atom is 0.280 e. The zero-order valence-electron chi connectivity index (χ0n) is 10.7. The Bertz CT molecular complexity index is 613. The quantitative estimate of drug-likeness (QED) is 0.557. The molecule has 1 unspecified atom stereocenters. The summed E-state index contributed by atoms with van der Waals surface area (Å²) in [5.41, 5.74) is 5.54. The van der Waals surface area contributed by atoms with Gasteiger partial charge in [-0.05, 0) is 0 Å². The van der Waals surface area contributed by atoms with Crippen molar-refractivity contribution in [2.75, 3.05) is 18.9 Å². The Balaban J connectivity index is 0.00000200. The van der Waals surface area contributed by atoms with Crippen LogP contribution in [0.3, 0.4) is 0 Å². The van der Waals surface area contributed by atoms with E-state index in [1.165, 1.54) is 10.9 Å². The fourth-order valence-electron chi connectivity index (χ4n) is 1.54. The van der Waals surface area contributed by atoms with Crippen LogP contribution in [0.15, 0.2) is 11.1 Å². The van der Waals surface area contributed by atoms with Crippen molar-refractivity contribution in [2.24, 2.45) is 0 Å². The van der Waals surface area contributed by atoms with Gasteiger partial charge in [0.25, 0.3) is 5.56 Å². The molecular weight excluding hydrogens is 343 g/mol. The molecule has 4 N–H and O–H groups in total. The van der Waals surface area contributed by atoms with Crippen LogP contribution in [0.25, 0.3) is 11.2 Å². The predicted molar refractivity (Wildman–Crippen MR) is 65.8 cm³/mol. The molecule has 0 aromatic carbocycles. The Kier molecular flexibility index (Phi) is 6.70. The van der Waals surface area contributed by atoms with Crippen LogP contribution >= 0.6 is 0 Å². The van der Waals surface area contributed by atoms with Crippen LogP contribution in [0.2, 0.25) is 0 Å². The van der Waals surface area contributed by atoms with Gasteiger partial charge in [0.15, 0.2) is 11.2 Å². The normalized spacial score (nSPS) is 12.3. The fraction of sp³-hybridized carbons (Fsp3) is 0.400. The van der Waals surface area contributed by atoms with Crippen LogP contribution in [0.5, 0.6) is 0 Å². The summed E-state index contributed by atoms with van der Waals surface area (Å²) in [6.07, 6.45) is 0.889. The second-order valence-corrected chi connectivity index (χ2v) is 3.81. The number of nitrogens with one attached hydrogen (secondary N) is 1. The van der Waals surface area contributed by atoms with Crippen LogP contribution in [0.1, 0.15) is 0 Å². The van der Waals surface area contributed by atoms with Crippen molar-refractivity contribution >= 4 is 17.1 Å². The number of hydrogen-bond donors (Lipinski definition) is 3. The molecule has 0 spiro atoms. The second-order valence-electron chi connectivity index (χ2n) is 3.81. The molecule has 9 nitrogen and oxygen atoms in total. The molecule has 2 aromatic rings. The third-order valence-electron chi connectivity index (χ3n) is 2.45. The summed E-state index contributed by atoms with van der Waals surface area (Å²) < 4.78 is 11.5. The summed E-state index contributed by atoms with van der Waals surface area (Å²) in [4.78, 5) is 21.8. The van der Waals surface area contributed by atoms with E-state index in [-0.39, 0.29) is 64.1 Å². The van der Waals surface area contributed by atoms with E-state index in [2.05, 4.69) is 26.8 Å². The van der Waals surface area contributed by atoms with Gasteiger partial charge in [-0.3, -0.25) is 14.3 Å². The van der Waals surface area contributed by atoms with Gasteiger partial charge in [0.2, 0.25) is 5.95 Å². The number of nitrogens with two attached hydrogens (primary N) is 1. The molecule has 0 aliphatic carbocycles. The zero-order valence-corrected chi connectivity index (χ0v) is 13.5. The van der Waals surface area contributed by atoms with Crippen molar-refractivity contribution in [3.05, 3.63) is 23.8 Å². The van der Waals surface area contributed by atoms with E-state index in [1.54, 1.807) is 0 Å². The van der Waals surface area contributed by atoms with Crippen LogP contribution < -0.4 is 11.3 Å². The molecule has 0 bridgehead atoms. The van der Waals surface area contributed by atoms with E-state index in [4.69, 9.17) is 15.6 Å². The molecule has 2 rings (SSSR count). The molecule has 0 saturated heterocycles. The number of imidazole rings is 1. The summed E-state index contributed by atoms with van der Waals surface area (Å²) in [6, 6.07) is 0. The van der Waals surface area contributed by atoms with E-state index in [9.17, 15) is 4.79 Å². The molecule has 0 amide bonds. The van der Waals surface area contributed by atoms with E-state index in [1.807, 2.05) is 0 Å². The Labute approximate surface area is 139 Å². The van der Waals surface area contributed by atoms with Crippen molar-refractivity contribution in [1.82, 2.24) is 19.5 Å². The number of H-pyrrole nitrogens is 1. The Morgan fingerprint density at radius 1 is 1.60 bits per heavy atom. The third kappa shape index (κ3) is 3.83. The number of nitrogen functional groups attached to an aromatic ring is 1. The van der Waals surface area contributed by atoms with Gasteiger partial charge in [-0.25, -0.2) is 12.1 Å². The van der Waals surface area contributed by atoms with Crippen LogP contribution in [-0.2, 0) is 48.9 Å². The standard InChI is InChI=1S/C10H14N5O4.Y/c1-18-3-6(2-16)19-5-15-4-12-7-8(15)13-10(11)14-9(7)17;/h4,6,16H,1-3,5H2,(H3,11,13,14,17);/q-1;. The third-order valence-corrected chi connectivity index (χ3v) is 2.45. The molecule has 1 atom stereocenters. The van der Waals surface area contributed by atoms with Crippen molar-refractivity contribution in [3.8, 4) is 0 Å². The molecule has 2 heterocycles. The average molecular weight is 357 g/mol. The van der Waals surface area contributed by atoms with Gasteiger partial charge >= 0.3 is 0 Å². The molecule has 20 heavy (non-hydrogen) atoms. The Hall–Kier alpha value is -0.866. The molecule has 0 fully saturated rings. The first-order valence-electron chi connectivity index (χ1n) is 5.45. The molecule has 10 heteroatoms. The molecule has 0 aliphatic heterocycles. The number of anilines is 1. The smallest absolute Gasteiger partial charge is 0.280 e. The monoisotopic (exact) mass is 357 g/mol. The molecule has 107 valence electrons. The number of nitrogens with zero attached hydrogens (tertiary/aromatic N) is 3. The summed E-state index contributed by atoms with van der Waals surface area (Å²) in [7, 11) is 3.21. The maximum atomic E-state index is 11.5. The predicted octanol–water partition coefficient (Wildman–Crippen LogP) is -1.16. The summed E-state index contributed by atoms with van der Waals surface area (Å²) >= 11 is 0. The Morgan fingerprint density at radius 2 is 2.35 bits per heavy atom. The van der Waals surface area contributed by atoms with E-state index in [0.29, 0.717) is 5.65 Å². The van der Waals surface area contributed by atoms with Crippen LogP contribution in [-0.4, -0.2) is 43.9 Å². The van der Waals surface area contributed by atoms with Gasteiger partial charge in [-0.2, -0.15) is 4.98 Å². The maximum absolute atomic E-state index is 11.5. The van der Waals surface area contributed by atoms with Crippen LogP contribution in [0, 0.1) is 7.11 Å². The fourth-order valence-corrected chi connectivity index (χ4v) is 1.54. The van der Waals surface area contributed by atoms with Crippen molar-refractivity contribution in [2.45, 2.75) is 12.8 Å². The number of aromatic nitrogens is 4. The molecular formula is C10H14N5O4Y-. The first kappa shape index (κ1) is 17.2. The largest absolute Gasteiger partial charge is 0.553 e. The van der Waals surface area contributed by atoms with Crippen molar-refractivity contribution in [3.63, 3.8) is 0 Å². The molecule has 0 aliphatic rings. The SMILES string of the molecule is [CH2-]OCC(CO)OCn1cnc2c(=O)[nH]c(N)nc21.[Y]. The zero-order chi connectivity index (χ0) is 13.8. The number of fused-ring (bicyclic) bond motifs is 1. The number of aliphatic hydroxyl groups excluding tert-OH is 1. The minimum absolute atomic E-state index is 0. The minimum atomic E-state index is -0.519. The summed E-state index contributed by atoms with van der Waals surface area (Å²) in [5, 5.41) is 9.04. The molecule has 2 aromatic heterocycles. The van der Waals surface area contributed by atoms with Gasteiger partial charge in [0, 0.05) is 39.3 Å². The van der Waals surface area contributed by atoms with Crippen molar-refractivity contribution in [1.29, 1.82) is 0 Å². The first-order valence-corrected chi connectivity index (χ1v) is 5.45. The van der Waals surface area contributed by atoms with E-state index in [0.717, 1.165) is 0 Å². The number of ether oxygens (including phenoxy) is 2.